The lowest BCUT2D eigenvalue weighted by Crippen LogP contribution is -2.19. The first-order chi connectivity index (χ1) is 17.6. The van der Waals surface area contributed by atoms with Crippen molar-refractivity contribution in [2.45, 2.75) is 61.0 Å². The second-order valence-corrected chi connectivity index (χ2v) is 12.8. The highest BCUT2D eigenvalue weighted by atomic mass is 32.2. The van der Waals surface area contributed by atoms with Crippen LogP contribution in [-0.4, -0.2) is 43.5 Å². The zero-order chi connectivity index (χ0) is 24.5. The molecule has 3 fully saturated rings. The van der Waals surface area contributed by atoms with Gasteiger partial charge < -0.3 is 14.5 Å². The van der Waals surface area contributed by atoms with Crippen molar-refractivity contribution in [3.8, 4) is 17.1 Å². The van der Waals surface area contributed by atoms with E-state index in [0.29, 0.717) is 16.7 Å². The number of nitrogens with one attached hydrogen (secondary N) is 1. The molecule has 3 heterocycles. The number of pyridine rings is 1. The molecule has 1 aromatic carbocycles. The molecule has 190 valence electrons. The van der Waals surface area contributed by atoms with Crippen molar-refractivity contribution >= 4 is 9.84 Å². The van der Waals surface area contributed by atoms with Crippen LogP contribution in [0, 0.1) is 11.8 Å². The van der Waals surface area contributed by atoms with Gasteiger partial charge in [-0.25, -0.2) is 8.42 Å². The van der Waals surface area contributed by atoms with Crippen molar-refractivity contribution in [2.24, 2.45) is 11.8 Å². The van der Waals surface area contributed by atoms with E-state index < -0.39 is 9.84 Å². The van der Waals surface area contributed by atoms with Gasteiger partial charge in [0.15, 0.2) is 9.84 Å². The Bertz CT molecular complexity index is 1270. The third kappa shape index (κ3) is 5.37. The lowest BCUT2D eigenvalue weighted by Gasteiger charge is -2.27. The molecule has 1 N–H and O–H groups in total. The Morgan fingerprint density at radius 1 is 0.917 bits per heavy atom. The lowest BCUT2D eigenvalue weighted by molar-refractivity contribution is 0.0626. The molecule has 1 unspecified atom stereocenters. The molecule has 3 aromatic rings. The van der Waals surface area contributed by atoms with E-state index in [1.54, 1.807) is 18.3 Å². The molecule has 2 aliphatic carbocycles. The third-order valence-corrected chi connectivity index (χ3v) is 10.0. The van der Waals surface area contributed by atoms with Gasteiger partial charge in [-0.05, 0) is 98.7 Å². The van der Waals surface area contributed by atoms with Gasteiger partial charge in [0, 0.05) is 24.8 Å². The SMILES string of the molecule is O=S(=O)(c1ccc(C(CC2CCOCC2)c2ccc(-c3ccc(OCC4CC4)cn3)[nH]2)cc1)C1CC1. The molecule has 2 aromatic heterocycles. The summed E-state index contributed by atoms with van der Waals surface area (Å²) in [5, 5.41) is -0.189. The van der Waals surface area contributed by atoms with Gasteiger partial charge in [-0.1, -0.05) is 12.1 Å². The minimum atomic E-state index is -3.18. The highest BCUT2D eigenvalue weighted by Gasteiger charge is 2.37. The highest BCUT2D eigenvalue weighted by molar-refractivity contribution is 7.92. The number of sulfone groups is 1. The summed E-state index contributed by atoms with van der Waals surface area (Å²) in [6, 6.07) is 15.8. The maximum atomic E-state index is 12.7. The van der Waals surface area contributed by atoms with Crippen LogP contribution in [0.2, 0.25) is 0 Å². The molecule has 0 radical (unpaired) electrons. The van der Waals surface area contributed by atoms with Crippen LogP contribution in [0.25, 0.3) is 11.4 Å². The molecule has 0 amide bonds. The van der Waals surface area contributed by atoms with E-state index in [1.807, 2.05) is 24.3 Å². The predicted octanol–water partition coefficient (Wildman–Crippen LogP) is 5.75. The van der Waals surface area contributed by atoms with Crippen molar-refractivity contribution in [2.75, 3.05) is 19.8 Å². The molecule has 3 aliphatic rings. The number of H-pyrrole nitrogens is 1. The van der Waals surface area contributed by atoms with Crippen LogP contribution in [0.3, 0.4) is 0 Å². The second kappa shape index (κ2) is 10.0. The fourth-order valence-corrected chi connectivity index (χ4v) is 6.76. The Balaban J connectivity index is 1.23. The smallest absolute Gasteiger partial charge is 0.181 e. The maximum Gasteiger partial charge on any atom is 0.181 e. The largest absolute Gasteiger partial charge is 0.492 e. The quantitative estimate of drug-likeness (QED) is 0.379. The van der Waals surface area contributed by atoms with Crippen LogP contribution < -0.4 is 4.74 Å². The molecular formula is C29H34N2O4S. The van der Waals surface area contributed by atoms with Crippen molar-refractivity contribution < 1.29 is 17.9 Å². The van der Waals surface area contributed by atoms with Crippen LogP contribution in [0.5, 0.6) is 5.75 Å². The average molecular weight is 507 g/mol. The summed E-state index contributed by atoms with van der Waals surface area (Å²) in [7, 11) is -3.18. The summed E-state index contributed by atoms with van der Waals surface area (Å²) in [5.41, 5.74) is 4.13. The molecule has 0 bridgehead atoms. The van der Waals surface area contributed by atoms with E-state index in [9.17, 15) is 8.42 Å². The molecule has 1 aliphatic heterocycles. The summed E-state index contributed by atoms with van der Waals surface area (Å²) in [4.78, 5) is 8.69. The third-order valence-electron chi connectivity index (χ3n) is 7.76. The van der Waals surface area contributed by atoms with Crippen LogP contribution in [0.4, 0.5) is 0 Å². The van der Waals surface area contributed by atoms with Crippen LogP contribution in [-0.2, 0) is 14.6 Å². The van der Waals surface area contributed by atoms with Gasteiger partial charge in [-0.15, -0.1) is 0 Å². The van der Waals surface area contributed by atoms with Gasteiger partial charge >= 0.3 is 0 Å². The summed E-state index contributed by atoms with van der Waals surface area (Å²) >= 11 is 0. The Labute approximate surface area is 213 Å². The minimum Gasteiger partial charge on any atom is -0.492 e. The minimum absolute atomic E-state index is 0.153. The highest BCUT2D eigenvalue weighted by Crippen LogP contribution is 2.38. The Kier molecular flexibility index (Phi) is 6.61. The Morgan fingerprint density at radius 2 is 1.69 bits per heavy atom. The standard InChI is InChI=1S/C29H34N2O4S/c32-36(33,25-8-9-25)24-6-3-22(4-7-24)26(17-20-13-15-34-16-14-20)27-11-12-29(31-27)28-10-5-23(18-30-28)35-19-21-1-2-21/h3-7,10-12,18,20-21,25-26,31H,1-2,8-9,13-17,19H2. The van der Waals surface area contributed by atoms with Crippen LogP contribution in [0.1, 0.15) is 62.1 Å². The summed E-state index contributed by atoms with van der Waals surface area (Å²) < 4.78 is 36.8. The molecule has 0 spiro atoms. The normalized spacial score (nSPS) is 19.8. The average Bonchev–Trinajstić information content (AvgIpc) is 3.85. The van der Waals surface area contributed by atoms with E-state index >= 15 is 0 Å². The second-order valence-electron chi connectivity index (χ2n) is 10.6. The van der Waals surface area contributed by atoms with Gasteiger partial charge in [0.2, 0.25) is 0 Å². The monoisotopic (exact) mass is 506 g/mol. The van der Waals surface area contributed by atoms with Crippen LogP contribution >= 0.6 is 0 Å². The summed E-state index contributed by atoms with van der Waals surface area (Å²) in [6.07, 6.45) is 9.02. The first kappa shape index (κ1) is 23.7. The fraction of sp³-hybridized carbons (Fsp3) is 0.483. The van der Waals surface area contributed by atoms with E-state index in [-0.39, 0.29) is 11.2 Å². The topological polar surface area (TPSA) is 81.3 Å². The molecule has 1 atom stereocenters. The number of aromatic amines is 1. The Hall–Kier alpha value is -2.64. The number of hydrogen-bond acceptors (Lipinski definition) is 5. The number of hydrogen-bond donors (Lipinski definition) is 1. The van der Waals surface area contributed by atoms with Gasteiger partial charge in [0.05, 0.1) is 34.3 Å². The molecular weight excluding hydrogens is 472 g/mol. The fourth-order valence-electron chi connectivity index (χ4n) is 5.11. The summed E-state index contributed by atoms with van der Waals surface area (Å²) in [5.74, 6) is 2.26. The van der Waals surface area contributed by atoms with Gasteiger partial charge in [-0.3, -0.25) is 4.98 Å². The van der Waals surface area contributed by atoms with E-state index in [2.05, 4.69) is 22.1 Å². The Morgan fingerprint density at radius 3 is 2.36 bits per heavy atom. The summed E-state index contributed by atoms with van der Waals surface area (Å²) in [6.45, 7) is 2.40. The van der Waals surface area contributed by atoms with Gasteiger partial charge in [-0.2, -0.15) is 0 Å². The van der Waals surface area contributed by atoms with Crippen molar-refractivity contribution in [3.05, 3.63) is 66.0 Å². The van der Waals surface area contributed by atoms with Crippen molar-refractivity contribution in [1.82, 2.24) is 9.97 Å². The van der Waals surface area contributed by atoms with Gasteiger partial charge in [0.25, 0.3) is 0 Å². The van der Waals surface area contributed by atoms with Crippen LogP contribution in [0.15, 0.2) is 59.6 Å². The van der Waals surface area contributed by atoms with Crippen molar-refractivity contribution in [3.63, 3.8) is 0 Å². The van der Waals surface area contributed by atoms with Crippen molar-refractivity contribution in [1.29, 1.82) is 0 Å². The van der Waals surface area contributed by atoms with E-state index in [0.717, 1.165) is 80.3 Å². The zero-order valence-electron chi connectivity index (χ0n) is 20.6. The molecule has 6 rings (SSSR count). The molecule has 1 saturated heterocycles. The zero-order valence-corrected chi connectivity index (χ0v) is 21.4. The molecule has 7 heteroatoms. The number of nitrogens with zero attached hydrogens (tertiary/aromatic N) is 1. The predicted molar refractivity (Wildman–Crippen MR) is 139 cm³/mol. The first-order valence-corrected chi connectivity index (χ1v) is 14.8. The lowest BCUT2D eigenvalue weighted by atomic mass is 9.83. The number of aromatic nitrogens is 2. The number of ether oxygens (including phenoxy) is 2. The molecule has 6 nitrogen and oxygen atoms in total. The maximum absolute atomic E-state index is 12.7. The number of benzene rings is 1. The molecule has 2 saturated carbocycles. The van der Waals surface area contributed by atoms with E-state index in [4.69, 9.17) is 9.47 Å². The molecule has 36 heavy (non-hydrogen) atoms. The van der Waals surface area contributed by atoms with Gasteiger partial charge in [0.1, 0.15) is 5.75 Å². The van der Waals surface area contributed by atoms with E-state index in [1.165, 1.54) is 12.8 Å². The number of rotatable bonds is 10. The first-order valence-electron chi connectivity index (χ1n) is 13.3.